The molecule has 1 aromatic heterocycles. The summed E-state index contributed by atoms with van der Waals surface area (Å²) in [6, 6.07) is 7.43. The fourth-order valence-corrected chi connectivity index (χ4v) is 2.08. The lowest BCUT2D eigenvalue weighted by Gasteiger charge is -2.19. The van der Waals surface area contributed by atoms with Gasteiger partial charge in [-0.25, -0.2) is 0 Å². The van der Waals surface area contributed by atoms with Crippen molar-refractivity contribution in [1.29, 1.82) is 0 Å². The molecule has 1 aromatic carbocycles. The number of hydrogen-bond acceptors (Lipinski definition) is 5. The highest BCUT2D eigenvalue weighted by atomic mass is 16.6. The zero-order valence-electron chi connectivity index (χ0n) is 13.3. The molecule has 22 heavy (non-hydrogen) atoms. The summed E-state index contributed by atoms with van der Waals surface area (Å²) >= 11 is 0. The number of aromatic amines is 1. The number of nitrogen functional groups attached to an aromatic ring is 1. The summed E-state index contributed by atoms with van der Waals surface area (Å²) in [7, 11) is 1.61. The molecule has 6 nitrogen and oxygen atoms in total. The minimum absolute atomic E-state index is 0.0704. The molecule has 118 valence electrons. The summed E-state index contributed by atoms with van der Waals surface area (Å²) in [5.41, 5.74) is 7.57. The van der Waals surface area contributed by atoms with Crippen LogP contribution < -0.4 is 10.5 Å². The van der Waals surface area contributed by atoms with Gasteiger partial charge in [-0.05, 0) is 45.0 Å². The minimum Gasteiger partial charge on any atom is -0.497 e. The van der Waals surface area contributed by atoms with Crippen molar-refractivity contribution < 1.29 is 14.3 Å². The van der Waals surface area contributed by atoms with E-state index in [-0.39, 0.29) is 12.4 Å². The molecule has 0 aliphatic carbocycles. The Morgan fingerprint density at radius 3 is 2.45 bits per heavy atom. The Hall–Kier alpha value is -2.50. The lowest BCUT2D eigenvalue weighted by atomic mass is 10.0. The lowest BCUT2D eigenvalue weighted by molar-refractivity contribution is -0.153. The van der Waals surface area contributed by atoms with E-state index in [1.54, 1.807) is 7.11 Å². The maximum atomic E-state index is 12.0. The van der Waals surface area contributed by atoms with Crippen LogP contribution in [0.4, 0.5) is 5.82 Å². The molecule has 2 rings (SSSR count). The number of carbonyl (C=O) groups excluding carboxylic acids is 1. The van der Waals surface area contributed by atoms with Gasteiger partial charge in [0.1, 0.15) is 17.2 Å². The standard InChI is InChI=1S/C16H21N3O3/c1-16(2,3)22-13(20)9-12-14(18-19-15(12)17)10-5-7-11(21-4)8-6-10/h5-8H,9H2,1-4H3,(H3,17,18,19). The normalized spacial score (nSPS) is 11.3. The highest BCUT2D eigenvalue weighted by Crippen LogP contribution is 2.27. The third kappa shape index (κ3) is 3.78. The van der Waals surface area contributed by atoms with Crippen LogP contribution in [0.2, 0.25) is 0 Å². The molecular weight excluding hydrogens is 282 g/mol. The van der Waals surface area contributed by atoms with Crippen molar-refractivity contribution in [3.63, 3.8) is 0 Å². The Labute approximate surface area is 129 Å². The topological polar surface area (TPSA) is 90.2 Å². The van der Waals surface area contributed by atoms with E-state index in [2.05, 4.69) is 10.2 Å². The van der Waals surface area contributed by atoms with Crippen molar-refractivity contribution in [2.24, 2.45) is 0 Å². The highest BCUT2D eigenvalue weighted by molar-refractivity contribution is 5.80. The molecule has 0 spiro atoms. The van der Waals surface area contributed by atoms with Gasteiger partial charge in [-0.2, -0.15) is 5.10 Å². The number of nitrogens with zero attached hydrogens (tertiary/aromatic N) is 1. The number of hydrogen-bond donors (Lipinski definition) is 2. The van der Waals surface area contributed by atoms with Crippen molar-refractivity contribution in [3.05, 3.63) is 29.8 Å². The molecule has 0 saturated heterocycles. The zero-order chi connectivity index (χ0) is 16.3. The molecule has 0 aliphatic rings. The lowest BCUT2D eigenvalue weighted by Crippen LogP contribution is -2.25. The van der Waals surface area contributed by atoms with Gasteiger partial charge in [0.2, 0.25) is 0 Å². The minimum atomic E-state index is -0.532. The number of methoxy groups -OCH3 is 1. The molecule has 0 fully saturated rings. The van der Waals surface area contributed by atoms with E-state index < -0.39 is 5.60 Å². The Bertz CT molecular complexity index is 654. The van der Waals surface area contributed by atoms with Gasteiger partial charge in [0, 0.05) is 11.1 Å². The number of anilines is 1. The van der Waals surface area contributed by atoms with Crippen molar-refractivity contribution in [2.45, 2.75) is 32.8 Å². The predicted octanol–water partition coefficient (Wildman–Crippen LogP) is 2.55. The van der Waals surface area contributed by atoms with E-state index in [0.29, 0.717) is 17.1 Å². The summed E-state index contributed by atoms with van der Waals surface area (Å²) in [5, 5.41) is 6.87. The van der Waals surface area contributed by atoms with E-state index in [0.717, 1.165) is 11.3 Å². The van der Waals surface area contributed by atoms with Crippen LogP contribution in [0.25, 0.3) is 11.3 Å². The van der Waals surface area contributed by atoms with Gasteiger partial charge in [0.15, 0.2) is 0 Å². The number of ether oxygens (including phenoxy) is 2. The number of H-pyrrole nitrogens is 1. The second-order valence-corrected chi connectivity index (χ2v) is 5.95. The monoisotopic (exact) mass is 303 g/mol. The first kappa shape index (κ1) is 15.9. The molecule has 0 unspecified atom stereocenters. The van der Waals surface area contributed by atoms with Crippen molar-refractivity contribution in [1.82, 2.24) is 10.2 Å². The largest absolute Gasteiger partial charge is 0.497 e. The zero-order valence-corrected chi connectivity index (χ0v) is 13.3. The smallest absolute Gasteiger partial charge is 0.311 e. The molecule has 0 amide bonds. The maximum absolute atomic E-state index is 12.0. The van der Waals surface area contributed by atoms with Crippen molar-refractivity contribution in [2.75, 3.05) is 12.8 Å². The molecule has 6 heteroatoms. The molecule has 0 radical (unpaired) electrons. The summed E-state index contributed by atoms with van der Waals surface area (Å²) in [6.07, 6.45) is 0.0704. The van der Waals surface area contributed by atoms with Gasteiger partial charge in [-0.1, -0.05) is 0 Å². The fourth-order valence-electron chi connectivity index (χ4n) is 2.08. The fraction of sp³-hybridized carbons (Fsp3) is 0.375. The summed E-state index contributed by atoms with van der Waals surface area (Å²) in [6.45, 7) is 5.48. The molecule has 1 heterocycles. The molecule has 0 bridgehead atoms. The first-order chi connectivity index (χ1) is 10.3. The van der Waals surface area contributed by atoms with Gasteiger partial charge in [0.05, 0.1) is 19.2 Å². The van der Waals surface area contributed by atoms with Crippen molar-refractivity contribution >= 4 is 11.8 Å². The number of benzene rings is 1. The van der Waals surface area contributed by atoms with Crippen LogP contribution in [-0.4, -0.2) is 28.9 Å². The van der Waals surface area contributed by atoms with Crippen LogP contribution in [0.15, 0.2) is 24.3 Å². The van der Waals surface area contributed by atoms with Gasteiger partial charge in [-0.3, -0.25) is 9.89 Å². The van der Waals surface area contributed by atoms with Crippen LogP contribution >= 0.6 is 0 Å². The molecule has 3 N–H and O–H groups in total. The van der Waals surface area contributed by atoms with E-state index in [1.165, 1.54) is 0 Å². The number of nitrogens with one attached hydrogen (secondary N) is 1. The van der Waals surface area contributed by atoms with E-state index in [9.17, 15) is 4.79 Å². The van der Waals surface area contributed by atoms with Crippen LogP contribution in [0.1, 0.15) is 26.3 Å². The summed E-state index contributed by atoms with van der Waals surface area (Å²) < 4.78 is 10.5. The van der Waals surface area contributed by atoms with Crippen LogP contribution in [0, 0.1) is 0 Å². The first-order valence-electron chi connectivity index (χ1n) is 6.99. The number of aromatic nitrogens is 2. The molecule has 0 atom stereocenters. The predicted molar refractivity (Wildman–Crippen MR) is 84.5 cm³/mol. The SMILES string of the molecule is COc1ccc(-c2[nH]nc(N)c2CC(=O)OC(C)(C)C)cc1. The molecule has 2 aromatic rings. The number of esters is 1. The Morgan fingerprint density at radius 2 is 1.91 bits per heavy atom. The second kappa shape index (κ2) is 6.09. The number of nitrogens with two attached hydrogens (primary N) is 1. The Balaban J connectivity index is 2.25. The van der Waals surface area contributed by atoms with E-state index in [4.69, 9.17) is 15.2 Å². The third-order valence-corrected chi connectivity index (χ3v) is 3.02. The Kier molecular flexibility index (Phi) is 4.40. The average molecular weight is 303 g/mol. The molecule has 0 aliphatic heterocycles. The summed E-state index contributed by atoms with van der Waals surface area (Å²) in [5.74, 6) is 0.719. The van der Waals surface area contributed by atoms with Crippen molar-refractivity contribution in [3.8, 4) is 17.0 Å². The second-order valence-electron chi connectivity index (χ2n) is 5.95. The van der Waals surface area contributed by atoms with Gasteiger partial charge < -0.3 is 15.2 Å². The van der Waals surface area contributed by atoms with Crippen LogP contribution in [0.5, 0.6) is 5.75 Å². The van der Waals surface area contributed by atoms with Crippen LogP contribution in [-0.2, 0) is 16.0 Å². The molecular formula is C16H21N3O3. The first-order valence-corrected chi connectivity index (χ1v) is 6.99. The van der Waals surface area contributed by atoms with Gasteiger partial charge in [-0.15, -0.1) is 0 Å². The van der Waals surface area contributed by atoms with Gasteiger partial charge in [0.25, 0.3) is 0 Å². The Morgan fingerprint density at radius 1 is 1.27 bits per heavy atom. The number of carbonyl (C=O) groups is 1. The maximum Gasteiger partial charge on any atom is 0.311 e. The quantitative estimate of drug-likeness (QED) is 0.847. The summed E-state index contributed by atoms with van der Waals surface area (Å²) in [4.78, 5) is 12.0. The van der Waals surface area contributed by atoms with Crippen LogP contribution in [0.3, 0.4) is 0 Å². The van der Waals surface area contributed by atoms with E-state index in [1.807, 2.05) is 45.0 Å². The average Bonchev–Trinajstić information content (AvgIpc) is 2.78. The number of rotatable bonds is 4. The van der Waals surface area contributed by atoms with E-state index >= 15 is 0 Å². The molecule has 0 saturated carbocycles. The third-order valence-electron chi connectivity index (χ3n) is 3.02. The van der Waals surface area contributed by atoms with Gasteiger partial charge >= 0.3 is 5.97 Å². The highest BCUT2D eigenvalue weighted by Gasteiger charge is 2.21.